The third-order valence-corrected chi connectivity index (χ3v) is 7.03. The quantitative estimate of drug-likeness (QED) is 0.466. The van der Waals surface area contributed by atoms with E-state index in [9.17, 15) is 14.7 Å². The van der Waals surface area contributed by atoms with E-state index in [1.165, 1.54) is 13.3 Å². The maximum Gasteiger partial charge on any atom is 0.254 e. The third-order valence-electron chi connectivity index (χ3n) is 6.42. The minimum Gasteiger partial charge on any atom is -0.503 e. The summed E-state index contributed by atoms with van der Waals surface area (Å²) in [5, 5.41) is 15.1. The lowest BCUT2D eigenvalue weighted by atomic mass is 9.85. The lowest BCUT2D eigenvalue weighted by Crippen LogP contribution is -2.30. The van der Waals surface area contributed by atoms with Gasteiger partial charge in [0, 0.05) is 0 Å². The van der Waals surface area contributed by atoms with Gasteiger partial charge in [0.05, 0.1) is 29.6 Å². The Kier molecular flexibility index (Phi) is 3.20. The van der Waals surface area contributed by atoms with Crippen molar-refractivity contribution in [3.05, 3.63) is 34.3 Å². The highest BCUT2D eigenvalue weighted by Crippen LogP contribution is 2.73. The van der Waals surface area contributed by atoms with Crippen molar-refractivity contribution >= 4 is 34.0 Å². The molecule has 4 aliphatic rings. The number of phenols is 1. The van der Waals surface area contributed by atoms with Crippen LogP contribution >= 0.6 is 15.9 Å². The molecule has 2 bridgehead atoms. The molecule has 1 aromatic rings. The third kappa shape index (κ3) is 1.89. The van der Waals surface area contributed by atoms with E-state index in [4.69, 9.17) is 4.74 Å². The number of allylic oxidation sites excluding steroid dienone is 2. The summed E-state index contributed by atoms with van der Waals surface area (Å²) in [5.41, 5.74) is 0.801. The van der Waals surface area contributed by atoms with Gasteiger partial charge in [-0.25, -0.2) is 0 Å². The van der Waals surface area contributed by atoms with Gasteiger partial charge in [-0.1, -0.05) is 12.2 Å². The van der Waals surface area contributed by atoms with Gasteiger partial charge >= 0.3 is 0 Å². The van der Waals surface area contributed by atoms with Crippen LogP contribution in [0.5, 0.6) is 11.5 Å². The Balaban J connectivity index is 1.43. The predicted octanol–water partition coefficient (Wildman–Crippen LogP) is 2.69. The Morgan fingerprint density at radius 2 is 1.85 bits per heavy atom. The monoisotopic (exact) mass is 416 g/mol. The van der Waals surface area contributed by atoms with E-state index in [-0.39, 0.29) is 52.4 Å². The van der Waals surface area contributed by atoms with Crippen LogP contribution in [-0.4, -0.2) is 35.3 Å². The molecule has 6 nitrogen and oxygen atoms in total. The number of carbonyl (C=O) groups is 2. The number of methoxy groups -OCH3 is 1. The van der Waals surface area contributed by atoms with Crippen molar-refractivity contribution in [3.63, 3.8) is 0 Å². The molecule has 5 rings (SSSR count). The lowest BCUT2D eigenvalue weighted by Gasteiger charge is -2.18. The summed E-state index contributed by atoms with van der Waals surface area (Å²) in [7, 11) is 1.45. The number of aromatic hydroxyl groups is 1. The fourth-order valence-corrected chi connectivity index (χ4v) is 5.58. The lowest BCUT2D eigenvalue weighted by molar-refractivity contribution is -0.141. The second-order valence-corrected chi connectivity index (χ2v) is 8.36. The van der Waals surface area contributed by atoms with Crippen LogP contribution in [0.1, 0.15) is 18.4 Å². The number of amides is 2. The van der Waals surface area contributed by atoms with E-state index >= 15 is 0 Å². The molecule has 1 spiro atoms. The molecule has 1 saturated heterocycles. The molecule has 0 radical (unpaired) electrons. The smallest absolute Gasteiger partial charge is 0.254 e. The summed E-state index contributed by atoms with van der Waals surface area (Å²) in [6, 6.07) is 3.25. The van der Waals surface area contributed by atoms with Crippen molar-refractivity contribution in [1.82, 2.24) is 5.01 Å². The van der Waals surface area contributed by atoms with Crippen LogP contribution in [0.2, 0.25) is 0 Å². The van der Waals surface area contributed by atoms with Gasteiger partial charge in [0.2, 0.25) is 0 Å². The topological polar surface area (TPSA) is 79.2 Å². The Morgan fingerprint density at radius 3 is 2.38 bits per heavy atom. The van der Waals surface area contributed by atoms with E-state index < -0.39 is 0 Å². The van der Waals surface area contributed by atoms with Crippen LogP contribution in [-0.2, 0) is 9.59 Å². The van der Waals surface area contributed by atoms with Crippen LogP contribution < -0.4 is 4.74 Å². The Hall–Kier alpha value is -2.15. The van der Waals surface area contributed by atoms with E-state index in [0.29, 0.717) is 10.0 Å². The number of ether oxygens (including phenoxy) is 1. The minimum atomic E-state index is -0.252. The van der Waals surface area contributed by atoms with Gasteiger partial charge in [0.15, 0.2) is 11.5 Å². The van der Waals surface area contributed by atoms with Crippen molar-refractivity contribution in [2.24, 2.45) is 34.2 Å². The molecule has 1 aromatic carbocycles. The molecule has 1 heterocycles. The Labute approximate surface area is 158 Å². The maximum absolute atomic E-state index is 12.9. The molecule has 0 unspecified atom stereocenters. The number of fused-ring (bicyclic) bond motifs is 3. The number of hydrogen-bond acceptors (Lipinski definition) is 5. The molecule has 1 N–H and O–H groups in total. The number of hydrogen-bond donors (Lipinski definition) is 1. The number of halogens is 1. The molecule has 2 amide bonds. The normalized spacial score (nSPS) is 32.9. The van der Waals surface area contributed by atoms with E-state index in [0.717, 1.165) is 17.9 Å². The van der Waals surface area contributed by atoms with Crippen molar-refractivity contribution in [2.45, 2.75) is 12.8 Å². The fourth-order valence-electron chi connectivity index (χ4n) is 5.12. The zero-order valence-electron chi connectivity index (χ0n) is 14.1. The average Bonchev–Trinajstić information content (AvgIpc) is 3.23. The largest absolute Gasteiger partial charge is 0.503 e. The second-order valence-electron chi connectivity index (χ2n) is 7.51. The van der Waals surface area contributed by atoms with Gasteiger partial charge in [0.1, 0.15) is 0 Å². The summed E-state index contributed by atoms with van der Waals surface area (Å²) in [4.78, 5) is 25.7. The summed E-state index contributed by atoms with van der Waals surface area (Å²) >= 11 is 3.25. The van der Waals surface area contributed by atoms with Gasteiger partial charge in [0.25, 0.3) is 11.8 Å². The van der Waals surface area contributed by atoms with Gasteiger partial charge in [-0.05, 0) is 63.7 Å². The van der Waals surface area contributed by atoms with Gasteiger partial charge in [-0.3, -0.25) is 9.59 Å². The molecule has 26 heavy (non-hydrogen) atoms. The molecule has 134 valence electrons. The molecule has 2 saturated carbocycles. The number of nitrogens with zero attached hydrogens (tertiary/aromatic N) is 2. The van der Waals surface area contributed by atoms with Gasteiger partial charge in [-0.15, -0.1) is 0 Å². The standard InChI is InChI=1S/C19H17BrN2O4/c1-26-13-7-9(6-12(20)16(13)23)8-21-22-17(24)14-10-2-3-11(15(14)18(22)25)19(10)4-5-19/h2-3,6-8,10-11,14-15,23H,4-5H2,1H3/b21-8-/t10-,11-,14+,15+/m1/s1. The van der Waals surface area contributed by atoms with E-state index in [1.54, 1.807) is 12.1 Å². The van der Waals surface area contributed by atoms with Crippen LogP contribution in [0.15, 0.2) is 33.9 Å². The molecular formula is C19H17BrN2O4. The number of carbonyl (C=O) groups excluding carboxylic acids is 2. The Bertz CT molecular complexity index is 871. The van der Waals surface area contributed by atoms with E-state index in [1.807, 2.05) is 0 Å². The molecule has 3 aliphatic carbocycles. The summed E-state index contributed by atoms with van der Waals surface area (Å²) in [5.74, 6) is -0.224. The van der Waals surface area contributed by atoms with Crippen molar-refractivity contribution in [2.75, 3.05) is 7.11 Å². The number of rotatable bonds is 3. The number of phenolic OH excluding ortho intramolecular Hbond substituents is 1. The van der Waals surface area contributed by atoms with Gasteiger partial charge in [-0.2, -0.15) is 10.1 Å². The van der Waals surface area contributed by atoms with Crippen molar-refractivity contribution < 1.29 is 19.4 Å². The SMILES string of the molecule is COc1cc(/C=N\N2C(=O)[C@@H]3[C@@H](C2=O)[C@H]2C=C[C@H]3C23CC3)cc(Br)c1O. The number of hydrazone groups is 1. The van der Waals surface area contributed by atoms with E-state index in [2.05, 4.69) is 33.2 Å². The van der Waals surface area contributed by atoms with Crippen LogP contribution in [0.25, 0.3) is 0 Å². The molecular weight excluding hydrogens is 400 g/mol. The second kappa shape index (κ2) is 5.19. The molecule has 3 fully saturated rings. The van der Waals surface area contributed by atoms with Crippen LogP contribution in [0.3, 0.4) is 0 Å². The first-order valence-electron chi connectivity index (χ1n) is 8.64. The fraction of sp³-hybridized carbons (Fsp3) is 0.421. The van der Waals surface area contributed by atoms with Gasteiger partial charge < -0.3 is 9.84 Å². The summed E-state index contributed by atoms with van der Waals surface area (Å²) < 4.78 is 5.56. The Morgan fingerprint density at radius 1 is 1.23 bits per heavy atom. The van der Waals surface area contributed by atoms with Crippen LogP contribution in [0, 0.1) is 29.1 Å². The van der Waals surface area contributed by atoms with Crippen molar-refractivity contribution in [1.29, 1.82) is 0 Å². The summed E-state index contributed by atoms with van der Waals surface area (Å²) in [6.45, 7) is 0. The molecule has 4 atom stereocenters. The highest BCUT2D eigenvalue weighted by atomic mass is 79.9. The highest BCUT2D eigenvalue weighted by Gasteiger charge is 2.73. The zero-order chi connectivity index (χ0) is 18.2. The molecule has 0 aromatic heterocycles. The predicted molar refractivity (Wildman–Crippen MR) is 96.6 cm³/mol. The van der Waals surface area contributed by atoms with Crippen molar-refractivity contribution in [3.8, 4) is 11.5 Å². The summed E-state index contributed by atoms with van der Waals surface area (Å²) in [6.07, 6.45) is 7.96. The molecule has 7 heteroatoms. The average molecular weight is 417 g/mol. The van der Waals surface area contributed by atoms with Crippen LogP contribution in [0.4, 0.5) is 0 Å². The maximum atomic E-state index is 12.9. The first-order valence-corrected chi connectivity index (χ1v) is 9.44. The highest BCUT2D eigenvalue weighted by molar-refractivity contribution is 9.10. The minimum absolute atomic E-state index is 0.00936. The number of imide groups is 1. The first kappa shape index (κ1) is 16.1. The number of benzene rings is 1. The zero-order valence-corrected chi connectivity index (χ0v) is 15.6. The molecule has 1 aliphatic heterocycles. The first-order chi connectivity index (χ1) is 12.5.